The van der Waals surface area contributed by atoms with E-state index in [1.165, 1.54) is 0 Å². The number of hydrogen-bond donors (Lipinski definition) is 1. The molecule has 112 valence electrons. The van der Waals surface area contributed by atoms with Crippen LogP contribution >= 0.6 is 0 Å². The van der Waals surface area contributed by atoms with Crippen LogP contribution in [0.25, 0.3) is 0 Å². The van der Waals surface area contributed by atoms with E-state index in [4.69, 9.17) is 0 Å². The molecule has 0 saturated carbocycles. The molecule has 0 aromatic carbocycles. The van der Waals surface area contributed by atoms with Crippen LogP contribution in [0.2, 0.25) is 0 Å². The van der Waals surface area contributed by atoms with Crippen LogP contribution in [0.15, 0.2) is 0 Å². The zero-order valence-electron chi connectivity index (χ0n) is 8.71. The van der Waals surface area contributed by atoms with Crippen LogP contribution < -0.4 is 4.13 Å². The van der Waals surface area contributed by atoms with E-state index in [1.807, 2.05) is 0 Å². The van der Waals surface area contributed by atoms with Crippen LogP contribution in [0.4, 0.5) is 18.0 Å². The van der Waals surface area contributed by atoms with Crippen LogP contribution in [-0.2, 0) is 34.0 Å². The van der Waals surface area contributed by atoms with E-state index < -0.39 is 44.7 Å². The van der Waals surface area contributed by atoms with E-state index >= 15 is 0 Å². The molecule has 0 spiro atoms. The van der Waals surface area contributed by atoms with Crippen LogP contribution in [0, 0.1) is 0 Å². The van der Waals surface area contributed by atoms with Crippen molar-refractivity contribution < 1.29 is 48.5 Å². The largest absolute Gasteiger partial charge is 0.512 e. The molecule has 1 heterocycles. The first-order valence-electron chi connectivity index (χ1n) is 4.25. The Morgan fingerprint density at radius 2 is 1.89 bits per heavy atom. The summed E-state index contributed by atoms with van der Waals surface area (Å²) in [5.74, 6) is 0. The maximum atomic E-state index is 11.9. The van der Waals surface area contributed by atoms with Crippen molar-refractivity contribution >= 4 is 26.5 Å². The van der Waals surface area contributed by atoms with Crippen molar-refractivity contribution in [3.8, 4) is 0 Å². The Kier molecular flexibility index (Phi) is 4.28. The number of rotatable bonds is 5. The molecular formula is C5H6F3NO8S2. The number of hydrogen-bond acceptors (Lipinski definition) is 8. The third-order valence-electron chi connectivity index (χ3n) is 1.58. The second-order valence-corrected chi connectivity index (χ2v) is 6.35. The van der Waals surface area contributed by atoms with Gasteiger partial charge >= 0.3 is 32.0 Å². The Balaban J connectivity index is 2.60. The van der Waals surface area contributed by atoms with E-state index in [2.05, 4.69) is 13.7 Å². The number of alkyl halides is 3. The first-order valence-corrected chi connectivity index (χ1v) is 7.15. The molecule has 19 heavy (non-hydrogen) atoms. The van der Waals surface area contributed by atoms with Crippen LogP contribution in [0.5, 0.6) is 0 Å². The minimum absolute atomic E-state index is 0.324. The molecule has 14 heteroatoms. The summed E-state index contributed by atoms with van der Waals surface area (Å²) < 4.78 is 91.4. The summed E-state index contributed by atoms with van der Waals surface area (Å²) in [5.41, 5.74) is -5.81. The highest BCUT2D eigenvalue weighted by Crippen LogP contribution is 2.22. The van der Waals surface area contributed by atoms with Crippen molar-refractivity contribution in [2.75, 3.05) is 13.2 Å². The Bertz CT molecular complexity index is 551. The smallest absolute Gasteiger partial charge is 0.430 e. The maximum absolute atomic E-state index is 11.9. The van der Waals surface area contributed by atoms with E-state index in [9.17, 15) is 34.8 Å². The topological polar surface area (TPSA) is 125 Å². The van der Waals surface area contributed by atoms with Gasteiger partial charge in [-0.25, -0.2) is 13.2 Å². The summed E-state index contributed by atoms with van der Waals surface area (Å²) in [6.45, 7) is -1.27. The second-order valence-electron chi connectivity index (χ2n) is 3.07. The molecule has 1 N–H and O–H groups in total. The standard InChI is InChI=1S/C5H6F3NO8S2/c6-5(7,8)18(11,12)9-19(13,14)16-2-3-1-15-4(10)17-3/h3,9H,1-2H2. The van der Waals surface area contributed by atoms with Crippen molar-refractivity contribution in [1.29, 1.82) is 0 Å². The summed E-state index contributed by atoms with van der Waals surface area (Å²) in [6.07, 6.45) is -2.28. The summed E-state index contributed by atoms with van der Waals surface area (Å²) in [4.78, 5) is 10.4. The van der Waals surface area contributed by atoms with E-state index in [0.717, 1.165) is 0 Å². The molecule has 0 aromatic rings. The van der Waals surface area contributed by atoms with E-state index in [1.54, 1.807) is 0 Å². The highest BCUT2D eigenvalue weighted by molar-refractivity contribution is 8.03. The highest BCUT2D eigenvalue weighted by Gasteiger charge is 2.48. The van der Waals surface area contributed by atoms with Gasteiger partial charge < -0.3 is 9.47 Å². The summed E-state index contributed by atoms with van der Waals surface area (Å²) in [7, 11) is -11.3. The number of carbonyl (C=O) groups excluding carboxylic acids is 1. The lowest BCUT2D eigenvalue weighted by Crippen LogP contribution is -2.41. The average molecular weight is 329 g/mol. The van der Waals surface area contributed by atoms with Gasteiger partial charge in [0, 0.05) is 0 Å². The predicted octanol–water partition coefficient (Wildman–Crippen LogP) is -0.778. The number of nitrogens with one attached hydrogen (secondary N) is 1. The van der Waals surface area contributed by atoms with Gasteiger partial charge in [0.1, 0.15) is 13.2 Å². The quantitative estimate of drug-likeness (QED) is 0.651. The zero-order valence-corrected chi connectivity index (χ0v) is 10.3. The van der Waals surface area contributed by atoms with Crippen molar-refractivity contribution in [3.05, 3.63) is 0 Å². The van der Waals surface area contributed by atoms with Gasteiger partial charge in [0.15, 0.2) is 6.10 Å². The third kappa shape index (κ3) is 4.48. The Hall–Kier alpha value is -1.12. The molecule has 9 nitrogen and oxygen atoms in total. The molecule has 0 aromatic heterocycles. The SMILES string of the molecule is O=C1OCC(COS(=O)(=O)NS(=O)(=O)C(F)(F)F)O1. The lowest BCUT2D eigenvalue weighted by Gasteiger charge is -2.11. The van der Waals surface area contributed by atoms with Gasteiger partial charge in [0.25, 0.3) is 0 Å². The zero-order chi connectivity index (χ0) is 14.9. The molecule has 1 rings (SSSR count). The first kappa shape index (κ1) is 15.9. The summed E-state index contributed by atoms with van der Waals surface area (Å²) in [5, 5.41) is 0. The Labute approximate surface area is 104 Å². The van der Waals surface area contributed by atoms with Gasteiger partial charge in [0.05, 0.1) is 0 Å². The summed E-state index contributed by atoms with van der Waals surface area (Å²) in [6, 6.07) is 0. The predicted molar refractivity (Wildman–Crippen MR) is 49.2 cm³/mol. The highest BCUT2D eigenvalue weighted by atomic mass is 32.3. The molecule has 1 saturated heterocycles. The number of sulfonamides is 1. The van der Waals surface area contributed by atoms with E-state index in [0.29, 0.717) is 4.13 Å². The lowest BCUT2D eigenvalue weighted by molar-refractivity contribution is -0.0442. The average Bonchev–Trinajstić information content (AvgIpc) is 2.58. The molecule has 1 unspecified atom stereocenters. The van der Waals surface area contributed by atoms with E-state index in [-0.39, 0.29) is 6.61 Å². The van der Waals surface area contributed by atoms with Gasteiger partial charge in [0.2, 0.25) is 0 Å². The van der Waals surface area contributed by atoms with Gasteiger partial charge in [-0.15, -0.1) is 0 Å². The maximum Gasteiger partial charge on any atom is 0.512 e. The van der Waals surface area contributed by atoms with Crippen molar-refractivity contribution in [3.63, 3.8) is 0 Å². The number of cyclic esters (lactones) is 2. The minimum Gasteiger partial charge on any atom is -0.430 e. The molecule has 1 aliphatic rings. The van der Waals surface area contributed by atoms with Gasteiger partial charge in [-0.1, -0.05) is 4.13 Å². The summed E-state index contributed by atoms with van der Waals surface area (Å²) >= 11 is 0. The van der Waals surface area contributed by atoms with Crippen LogP contribution in [0.1, 0.15) is 0 Å². The number of carbonyl (C=O) groups is 1. The van der Waals surface area contributed by atoms with Gasteiger partial charge in [-0.05, 0) is 0 Å². The fourth-order valence-corrected chi connectivity index (χ4v) is 2.79. The molecular weight excluding hydrogens is 323 g/mol. The lowest BCUT2D eigenvalue weighted by atomic mass is 10.4. The Morgan fingerprint density at radius 3 is 2.32 bits per heavy atom. The second kappa shape index (κ2) is 5.10. The Morgan fingerprint density at radius 1 is 1.32 bits per heavy atom. The molecule has 0 amide bonds. The molecule has 0 aliphatic carbocycles. The fourth-order valence-electron chi connectivity index (χ4n) is 0.818. The van der Waals surface area contributed by atoms with Crippen molar-refractivity contribution in [1.82, 2.24) is 4.13 Å². The molecule has 1 aliphatic heterocycles. The van der Waals surface area contributed by atoms with Crippen molar-refractivity contribution in [2.45, 2.75) is 11.6 Å². The normalized spacial score (nSPS) is 21.0. The van der Waals surface area contributed by atoms with Crippen LogP contribution in [0.3, 0.4) is 0 Å². The van der Waals surface area contributed by atoms with Gasteiger partial charge in [-0.2, -0.15) is 21.6 Å². The first-order chi connectivity index (χ1) is 8.43. The van der Waals surface area contributed by atoms with Crippen LogP contribution in [-0.4, -0.2) is 47.8 Å². The monoisotopic (exact) mass is 329 g/mol. The molecule has 1 atom stereocenters. The molecule has 0 radical (unpaired) electrons. The molecule has 0 bridgehead atoms. The number of ether oxygens (including phenoxy) is 2. The molecule has 1 fully saturated rings. The van der Waals surface area contributed by atoms with Crippen molar-refractivity contribution in [2.24, 2.45) is 0 Å². The third-order valence-corrected chi connectivity index (χ3v) is 4.33. The number of halogens is 3. The fraction of sp³-hybridized carbons (Fsp3) is 0.800. The minimum atomic E-state index is -6.11. The van der Waals surface area contributed by atoms with Gasteiger partial charge in [-0.3, -0.25) is 4.18 Å².